The van der Waals surface area contributed by atoms with Gasteiger partial charge in [0, 0.05) is 108 Å². The molecule has 6 aromatic carbocycles. The summed E-state index contributed by atoms with van der Waals surface area (Å²) in [6.07, 6.45) is 1.76. The van der Waals surface area contributed by atoms with Gasteiger partial charge in [0.05, 0.1) is 37.5 Å². The Bertz CT molecular complexity index is 3350. The van der Waals surface area contributed by atoms with Crippen LogP contribution < -0.4 is 20.7 Å². The van der Waals surface area contributed by atoms with Crippen LogP contribution in [0.1, 0.15) is 74.2 Å². The highest BCUT2D eigenvalue weighted by Crippen LogP contribution is 2.44. The van der Waals surface area contributed by atoms with E-state index >= 15 is 0 Å². The number of nitrogens with one attached hydrogen (secondary N) is 3. The molecule has 1 heterocycles. The molecule has 0 saturated heterocycles. The number of ether oxygens (including phenoxy) is 3. The van der Waals surface area contributed by atoms with E-state index in [0.29, 0.717) is 49.8 Å². The maximum atomic E-state index is 14.6. The Balaban J connectivity index is 0.969. The number of nitrogens with zero attached hydrogens (tertiary/aromatic N) is 5. The van der Waals surface area contributed by atoms with Crippen LogP contribution in [0.15, 0.2) is 158 Å². The van der Waals surface area contributed by atoms with Crippen molar-refractivity contribution < 1.29 is 38.2 Å². The summed E-state index contributed by atoms with van der Waals surface area (Å²) < 4.78 is 20.7. The highest BCUT2D eigenvalue weighted by molar-refractivity contribution is 6.31. The first-order chi connectivity index (χ1) is 41.2. The second-order valence-electron chi connectivity index (χ2n) is 21.8. The van der Waals surface area contributed by atoms with Crippen LogP contribution in [0.4, 0.5) is 0 Å². The summed E-state index contributed by atoms with van der Waals surface area (Å²) in [7, 11) is 9.22. The molecule has 0 fully saturated rings. The predicted octanol–water partition coefficient (Wildman–Crippen LogP) is 10.9. The van der Waals surface area contributed by atoms with Gasteiger partial charge >= 0.3 is 5.97 Å². The van der Waals surface area contributed by atoms with Gasteiger partial charge in [-0.1, -0.05) is 139 Å². The van der Waals surface area contributed by atoms with Crippen molar-refractivity contribution in [1.29, 1.82) is 0 Å². The summed E-state index contributed by atoms with van der Waals surface area (Å²) in [6, 6.07) is 43.0. The third-order valence-electron chi connectivity index (χ3n) is 15.1. The third-order valence-corrected chi connectivity index (χ3v) is 15.9. The van der Waals surface area contributed by atoms with Gasteiger partial charge in [0.2, 0.25) is 23.6 Å². The minimum atomic E-state index is -1.43. The van der Waals surface area contributed by atoms with Gasteiger partial charge in [-0.2, -0.15) is 0 Å². The molecular weight excluding hydrogens is 1150 g/mol. The third kappa shape index (κ3) is 17.3. The Kier molecular flexibility index (Phi) is 23.9. The lowest BCUT2D eigenvalue weighted by Gasteiger charge is -2.36. The molecule has 4 amide bonds. The second-order valence-corrected chi connectivity index (χ2v) is 23.1. The standard InChI is InChI=1S/C67H77Cl3N8O8/c1-10-84-43-58(74-64(81)46(4)71-40-49-27-32-53(69)37-60(49)85-55-33-28-48(29-34-55)59-41-72-61(78(59)9)42-75(5)6)66(83)77(8)54(36-47-25-30-52(68)31-26-47)38-62(79)73-39-45(3)76(7)65(82)44(2)35-63(80)86-67(50-19-13-11-14-20-50,51-21-15-12-16-22-51)56-23-17-18-24-57(56)70/h11-34,37,41,44-46,54,58,71H,10,35-36,38-40,42-43H2,1-9H3,(H,73,79)(H,74,81)/t44-,45+,46+,54+,58+/m1/s1. The summed E-state index contributed by atoms with van der Waals surface area (Å²) in [4.78, 5) is 80.4. The highest BCUT2D eigenvalue weighted by Gasteiger charge is 2.43. The Hall–Kier alpha value is -7.57. The first kappa shape index (κ1) is 66.0. The number of benzene rings is 6. The van der Waals surface area contributed by atoms with Crippen molar-refractivity contribution in [3.63, 3.8) is 0 Å². The summed E-state index contributed by atoms with van der Waals surface area (Å²) in [6.45, 7) is 8.10. The Morgan fingerprint density at radius 2 is 1.35 bits per heavy atom. The average Bonchev–Trinajstić information content (AvgIpc) is 0.927. The topological polar surface area (TPSA) is 177 Å². The molecule has 3 N–H and O–H groups in total. The molecule has 5 atom stereocenters. The van der Waals surface area contributed by atoms with Crippen molar-refractivity contribution >= 4 is 64.4 Å². The van der Waals surface area contributed by atoms with Crippen LogP contribution >= 0.6 is 34.8 Å². The fourth-order valence-corrected chi connectivity index (χ4v) is 10.6. The van der Waals surface area contributed by atoms with Crippen molar-refractivity contribution in [3.05, 3.63) is 207 Å². The van der Waals surface area contributed by atoms with Gasteiger partial charge in [0.25, 0.3) is 0 Å². The smallest absolute Gasteiger partial charge is 0.308 e. The van der Waals surface area contributed by atoms with Crippen LogP contribution in [-0.2, 0) is 65.6 Å². The number of rotatable bonds is 29. The lowest BCUT2D eigenvalue weighted by molar-refractivity contribution is -0.157. The van der Waals surface area contributed by atoms with E-state index in [2.05, 4.69) is 30.4 Å². The highest BCUT2D eigenvalue weighted by atomic mass is 35.5. The number of carbonyl (C=O) groups excluding carboxylic acids is 5. The minimum absolute atomic E-state index is 0.0664. The summed E-state index contributed by atoms with van der Waals surface area (Å²) in [5, 5.41) is 10.5. The van der Waals surface area contributed by atoms with Gasteiger partial charge in [0.1, 0.15) is 23.4 Å². The molecule has 19 heteroatoms. The Labute approximate surface area is 520 Å². The number of esters is 1. The molecular formula is C67H77Cl3N8O8. The van der Waals surface area contributed by atoms with Crippen molar-refractivity contribution in [2.45, 2.75) is 89.8 Å². The number of hydrogen-bond acceptors (Lipinski definition) is 11. The number of carbonyl (C=O) groups is 5. The zero-order valence-electron chi connectivity index (χ0n) is 50.2. The van der Waals surface area contributed by atoms with E-state index in [0.717, 1.165) is 28.2 Å². The Morgan fingerprint density at radius 3 is 1.98 bits per heavy atom. The van der Waals surface area contributed by atoms with Crippen LogP contribution in [0.5, 0.6) is 11.5 Å². The largest absolute Gasteiger partial charge is 0.457 e. The number of amides is 4. The van der Waals surface area contributed by atoms with Crippen molar-refractivity contribution in [2.24, 2.45) is 13.0 Å². The van der Waals surface area contributed by atoms with Crippen LogP contribution in [-0.4, -0.2) is 126 Å². The monoisotopic (exact) mass is 1230 g/mol. The molecule has 7 aromatic rings. The fraction of sp³-hybridized carbons (Fsp3) is 0.343. The van der Waals surface area contributed by atoms with Gasteiger partial charge in [-0.25, -0.2) is 4.98 Å². The average molecular weight is 1230 g/mol. The fourth-order valence-electron chi connectivity index (χ4n) is 10.0. The SMILES string of the molecule is CCOC[C@H](NC(=O)[C@H](C)NCc1ccc(Cl)cc1Oc1ccc(-c2cnc(CN(C)C)n2C)cc1)C(=O)N(C)[C@H](CC(=O)NC[C@H](C)N(C)C(=O)[C@H](C)CC(=O)OC(c1ccccc1)(c1ccccc1)c1ccccc1Cl)Cc1ccc(Cl)cc1. The zero-order chi connectivity index (χ0) is 62.1. The van der Waals surface area contributed by atoms with Crippen LogP contribution in [0, 0.1) is 5.92 Å². The molecule has 0 aliphatic carbocycles. The van der Waals surface area contributed by atoms with E-state index in [9.17, 15) is 24.0 Å². The van der Waals surface area contributed by atoms with Crippen LogP contribution in [0.25, 0.3) is 11.3 Å². The molecule has 0 unspecified atom stereocenters. The van der Waals surface area contributed by atoms with Gasteiger partial charge in [-0.3, -0.25) is 24.0 Å². The molecule has 16 nitrogen and oxygen atoms in total. The van der Waals surface area contributed by atoms with Crippen molar-refractivity contribution in [2.75, 3.05) is 47.9 Å². The van der Waals surface area contributed by atoms with Crippen molar-refractivity contribution in [3.8, 4) is 22.8 Å². The first-order valence-corrected chi connectivity index (χ1v) is 29.8. The Morgan fingerprint density at radius 1 is 0.721 bits per heavy atom. The first-order valence-electron chi connectivity index (χ1n) is 28.6. The van der Waals surface area contributed by atoms with E-state index < -0.39 is 53.5 Å². The van der Waals surface area contributed by atoms with Gasteiger partial charge in [-0.05, 0) is 101 Å². The summed E-state index contributed by atoms with van der Waals surface area (Å²) >= 11 is 19.6. The number of likely N-dealkylation sites (N-methyl/N-ethyl adjacent to an activating group) is 2. The zero-order valence-corrected chi connectivity index (χ0v) is 52.5. The van der Waals surface area contributed by atoms with E-state index in [1.165, 1.54) is 9.80 Å². The number of halogens is 3. The lowest BCUT2D eigenvalue weighted by atomic mass is 9.80. The van der Waals surface area contributed by atoms with E-state index in [1.807, 2.05) is 149 Å². The molecule has 7 rings (SSSR count). The second kappa shape index (κ2) is 31.2. The van der Waals surface area contributed by atoms with Crippen LogP contribution in [0.2, 0.25) is 15.1 Å². The maximum Gasteiger partial charge on any atom is 0.308 e. The quantitative estimate of drug-likeness (QED) is 0.0300. The molecule has 1 aromatic heterocycles. The van der Waals surface area contributed by atoms with E-state index in [-0.39, 0.29) is 57.4 Å². The molecule has 86 heavy (non-hydrogen) atoms. The normalized spacial score (nSPS) is 13.2. The summed E-state index contributed by atoms with van der Waals surface area (Å²) in [5.41, 5.74) is 4.00. The number of imidazole rings is 1. The number of aromatic nitrogens is 2. The molecule has 0 radical (unpaired) electrons. The van der Waals surface area contributed by atoms with Gasteiger partial charge in [0.15, 0.2) is 5.60 Å². The predicted molar refractivity (Wildman–Crippen MR) is 338 cm³/mol. The lowest BCUT2D eigenvalue weighted by Crippen LogP contribution is -2.56. The van der Waals surface area contributed by atoms with Crippen LogP contribution in [0.3, 0.4) is 0 Å². The molecule has 454 valence electrons. The van der Waals surface area contributed by atoms with E-state index in [1.54, 1.807) is 72.1 Å². The minimum Gasteiger partial charge on any atom is -0.457 e. The molecule has 0 bridgehead atoms. The summed E-state index contributed by atoms with van der Waals surface area (Å²) in [5.74, 6) is -1.02. The molecule has 0 spiro atoms. The number of hydrogen-bond donors (Lipinski definition) is 3. The van der Waals surface area contributed by atoms with Gasteiger partial charge in [-0.15, -0.1) is 0 Å². The molecule has 0 aliphatic rings. The molecule has 0 saturated carbocycles. The molecule has 0 aliphatic heterocycles. The maximum absolute atomic E-state index is 14.6. The van der Waals surface area contributed by atoms with Gasteiger partial charge < -0.3 is 49.4 Å². The van der Waals surface area contributed by atoms with E-state index in [4.69, 9.17) is 49.0 Å². The van der Waals surface area contributed by atoms with Crippen molar-refractivity contribution in [1.82, 2.24) is 40.2 Å².